The Morgan fingerprint density at radius 2 is 2.47 bits per heavy atom. The average molecular weight is 209 g/mol. The maximum atomic E-state index is 11.3. The van der Waals surface area contributed by atoms with Crippen LogP contribution in [0, 0.1) is 0 Å². The molecule has 0 bridgehead atoms. The Labute approximate surface area is 87.9 Å². The van der Waals surface area contributed by atoms with E-state index in [0.29, 0.717) is 24.8 Å². The minimum absolute atomic E-state index is 0.0413. The van der Waals surface area contributed by atoms with Gasteiger partial charge in [-0.25, -0.2) is 4.98 Å². The molecule has 1 aliphatic carbocycles. The van der Waals surface area contributed by atoms with Gasteiger partial charge in [-0.2, -0.15) is 5.10 Å². The fourth-order valence-electron chi connectivity index (χ4n) is 1.26. The second kappa shape index (κ2) is 4.88. The van der Waals surface area contributed by atoms with Crippen LogP contribution in [0.2, 0.25) is 0 Å². The minimum atomic E-state index is 0.0413. The molecule has 1 aromatic rings. The van der Waals surface area contributed by atoms with Crippen LogP contribution in [0.1, 0.15) is 25.1 Å². The highest BCUT2D eigenvalue weighted by Crippen LogP contribution is 2.18. The molecule has 82 valence electrons. The number of hydrogen-bond donors (Lipinski definition) is 3. The topological polar surface area (TPSA) is 82.7 Å². The number of nitrogens with zero attached hydrogens (tertiary/aromatic N) is 2. The smallest absolute Gasteiger partial charge is 0.221 e. The summed E-state index contributed by atoms with van der Waals surface area (Å²) < 4.78 is 0. The van der Waals surface area contributed by atoms with Crippen molar-refractivity contribution in [3.63, 3.8) is 0 Å². The van der Waals surface area contributed by atoms with E-state index >= 15 is 0 Å². The number of carbonyl (C=O) groups is 1. The lowest BCUT2D eigenvalue weighted by Crippen LogP contribution is -2.28. The molecule has 1 saturated carbocycles. The number of aromatic amines is 1. The predicted molar refractivity (Wildman–Crippen MR) is 53.9 cm³/mol. The van der Waals surface area contributed by atoms with E-state index in [2.05, 4.69) is 25.8 Å². The zero-order chi connectivity index (χ0) is 10.5. The first-order chi connectivity index (χ1) is 7.34. The molecule has 0 spiro atoms. The van der Waals surface area contributed by atoms with Gasteiger partial charge in [0.25, 0.3) is 0 Å². The summed E-state index contributed by atoms with van der Waals surface area (Å²) in [5, 5.41) is 12.4. The molecule has 6 heteroatoms. The third kappa shape index (κ3) is 3.67. The van der Waals surface area contributed by atoms with Crippen LogP contribution in [0.4, 0.5) is 0 Å². The van der Waals surface area contributed by atoms with E-state index in [1.807, 2.05) is 0 Å². The lowest BCUT2D eigenvalue weighted by Gasteiger charge is -2.03. The van der Waals surface area contributed by atoms with Crippen molar-refractivity contribution in [1.82, 2.24) is 25.8 Å². The lowest BCUT2D eigenvalue weighted by molar-refractivity contribution is -0.121. The summed E-state index contributed by atoms with van der Waals surface area (Å²) in [5.41, 5.74) is 0. The summed E-state index contributed by atoms with van der Waals surface area (Å²) in [4.78, 5) is 15.2. The maximum absolute atomic E-state index is 11.3. The molecule has 1 amide bonds. The fourth-order valence-corrected chi connectivity index (χ4v) is 1.26. The van der Waals surface area contributed by atoms with Gasteiger partial charge in [-0.15, -0.1) is 0 Å². The van der Waals surface area contributed by atoms with Crippen LogP contribution >= 0.6 is 0 Å². The van der Waals surface area contributed by atoms with E-state index in [4.69, 9.17) is 0 Å². The van der Waals surface area contributed by atoms with Gasteiger partial charge in [-0.05, 0) is 12.8 Å². The van der Waals surface area contributed by atoms with Gasteiger partial charge in [0.1, 0.15) is 12.2 Å². The van der Waals surface area contributed by atoms with Crippen LogP contribution in [0.15, 0.2) is 6.33 Å². The molecule has 2 rings (SSSR count). The third-order valence-corrected chi connectivity index (χ3v) is 2.28. The molecule has 6 nitrogen and oxygen atoms in total. The first-order valence-corrected chi connectivity index (χ1v) is 5.19. The van der Waals surface area contributed by atoms with Gasteiger partial charge in [-0.3, -0.25) is 9.89 Å². The highest BCUT2D eigenvalue weighted by Gasteiger charge is 2.19. The van der Waals surface area contributed by atoms with Gasteiger partial charge in [0.05, 0.1) is 6.54 Å². The van der Waals surface area contributed by atoms with Crippen LogP contribution < -0.4 is 10.6 Å². The van der Waals surface area contributed by atoms with Gasteiger partial charge in [0, 0.05) is 19.0 Å². The first kappa shape index (κ1) is 10.1. The number of H-pyrrole nitrogens is 1. The molecule has 1 aliphatic rings. The summed E-state index contributed by atoms with van der Waals surface area (Å²) in [7, 11) is 0. The molecule has 1 heterocycles. The lowest BCUT2D eigenvalue weighted by atomic mass is 10.4. The Balaban J connectivity index is 1.55. The Hall–Kier alpha value is -1.43. The Morgan fingerprint density at radius 1 is 1.60 bits per heavy atom. The van der Waals surface area contributed by atoms with Gasteiger partial charge < -0.3 is 10.6 Å². The molecule has 0 atom stereocenters. The Morgan fingerprint density at radius 3 is 3.13 bits per heavy atom. The quantitative estimate of drug-likeness (QED) is 0.593. The van der Waals surface area contributed by atoms with Crippen molar-refractivity contribution in [1.29, 1.82) is 0 Å². The number of hydrogen-bond acceptors (Lipinski definition) is 4. The number of aromatic nitrogens is 3. The van der Waals surface area contributed by atoms with Crippen LogP contribution in [-0.4, -0.2) is 33.7 Å². The van der Waals surface area contributed by atoms with E-state index in [-0.39, 0.29) is 5.91 Å². The fraction of sp³-hybridized carbons (Fsp3) is 0.667. The van der Waals surface area contributed by atoms with Crippen LogP contribution in [0.5, 0.6) is 0 Å². The molecule has 1 aromatic heterocycles. The van der Waals surface area contributed by atoms with E-state index in [1.165, 1.54) is 19.2 Å². The zero-order valence-corrected chi connectivity index (χ0v) is 8.49. The van der Waals surface area contributed by atoms with Crippen LogP contribution in [0.3, 0.4) is 0 Å². The van der Waals surface area contributed by atoms with Gasteiger partial charge in [0.15, 0.2) is 0 Å². The van der Waals surface area contributed by atoms with Gasteiger partial charge in [-0.1, -0.05) is 0 Å². The number of nitrogens with one attached hydrogen (secondary N) is 3. The van der Waals surface area contributed by atoms with E-state index < -0.39 is 0 Å². The summed E-state index contributed by atoms with van der Waals surface area (Å²) in [6.07, 6.45) is 4.44. The second-order valence-electron chi connectivity index (χ2n) is 3.69. The highest BCUT2D eigenvalue weighted by molar-refractivity contribution is 5.75. The Kier molecular flexibility index (Phi) is 3.29. The summed E-state index contributed by atoms with van der Waals surface area (Å²) >= 11 is 0. The zero-order valence-electron chi connectivity index (χ0n) is 8.49. The van der Waals surface area contributed by atoms with Crippen molar-refractivity contribution >= 4 is 5.91 Å². The molecular weight excluding hydrogens is 194 g/mol. The van der Waals surface area contributed by atoms with E-state index in [0.717, 1.165) is 6.54 Å². The average Bonchev–Trinajstić information content (AvgIpc) is 2.91. The number of amides is 1. The van der Waals surface area contributed by atoms with Crippen LogP contribution in [-0.2, 0) is 11.3 Å². The molecule has 0 saturated heterocycles. The molecule has 1 fully saturated rings. The first-order valence-electron chi connectivity index (χ1n) is 5.19. The normalized spacial score (nSPS) is 15.2. The molecule has 0 aromatic carbocycles. The van der Waals surface area contributed by atoms with Gasteiger partial charge in [0.2, 0.25) is 5.91 Å². The maximum Gasteiger partial charge on any atom is 0.221 e. The molecule has 0 aliphatic heterocycles. The highest BCUT2D eigenvalue weighted by atomic mass is 16.1. The number of carbonyl (C=O) groups excluding carboxylic acids is 1. The summed E-state index contributed by atoms with van der Waals surface area (Å²) in [6, 6.07) is 0.659. The molecular formula is C9H15N5O. The van der Waals surface area contributed by atoms with Crippen molar-refractivity contribution in [3.8, 4) is 0 Å². The standard InChI is InChI=1S/C9H15N5O/c15-9(3-4-10-7-1-2-7)11-5-8-12-6-13-14-8/h6-7,10H,1-5H2,(H,11,15)(H,12,13,14). The molecule has 0 unspecified atom stereocenters. The van der Waals surface area contributed by atoms with Crippen LogP contribution in [0.25, 0.3) is 0 Å². The second-order valence-corrected chi connectivity index (χ2v) is 3.69. The van der Waals surface area contributed by atoms with Crippen molar-refractivity contribution in [2.45, 2.75) is 31.8 Å². The monoisotopic (exact) mass is 209 g/mol. The number of rotatable bonds is 6. The van der Waals surface area contributed by atoms with Crippen molar-refractivity contribution in [2.24, 2.45) is 0 Å². The summed E-state index contributed by atoms with van der Waals surface area (Å²) in [5.74, 6) is 0.720. The SMILES string of the molecule is O=C(CCNC1CC1)NCc1ncn[nH]1. The van der Waals surface area contributed by atoms with E-state index in [9.17, 15) is 4.79 Å². The van der Waals surface area contributed by atoms with Crippen molar-refractivity contribution in [3.05, 3.63) is 12.2 Å². The Bertz CT molecular complexity index is 306. The van der Waals surface area contributed by atoms with Crippen molar-refractivity contribution < 1.29 is 4.79 Å². The summed E-state index contributed by atoms with van der Waals surface area (Å²) in [6.45, 7) is 1.18. The molecule has 0 radical (unpaired) electrons. The third-order valence-electron chi connectivity index (χ3n) is 2.28. The largest absolute Gasteiger partial charge is 0.349 e. The van der Waals surface area contributed by atoms with Crippen molar-refractivity contribution in [2.75, 3.05) is 6.54 Å². The van der Waals surface area contributed by atoms with Gasteiger partial charge >= 0.3 is 0 Å². The molecule has 15 heavy (non-hydrogen) atoms. The minimum Gasteiger partial charge on any atom is -0.349 e. The molecule has 3 N–H and O–H groups in total. The predicted octanol–water partition coefficient (Wildman–Crippen LogP) is -0.437. The van der Waals surface area contributed by atoms with E-state index in [1.54, 1.807) is 0 Å².